The van der Waals surface area contributed by atoms with Gasteiger partial charge in [-0.25, -0.2) is 4.57 Å². The van der Waals surface area contributed by atoms with Gasteiger partial charge >= 0.3 is 13.8 Å². The van der Waals surface area contributed by atoms with Crippen molar-refractivity contribution in [2.75, 3.05) is 19.8 Å². The third-order valence-corrected chi connectivity index (χ3v) is 12.3. The van der Waals surface area contributed by atoms with Gasteiger partial charge in [0, 0.05) is 13.0 Å². The van der Waals surface area contributed by atoms with Gasteiger partial charge in [0.1, 0.15) is 42.7 Å². The fourth-order valence-corrected chi connectivity index (χ4v) is 8.42. The fourth-order valence-electron chi connectivity index (χ4n) is 7.45. The second-order valence-electron chi connectivity index (χ2n) is 17.0. The molecule has 1 aliphatic carbocycles. The van der Waals surface area contributed by atoms with Gasteiger partial charge in [-0.1, -0.05) is 179 Å². The molecule has 12 nitrogen and oxygen atoms in total. The smallest absolute Gasteiger partial charge is 0.457 e. The highest BCUT2D eigenvalue weighted by Crippen LogP contribution is 2.47. The quantitative estimate of drug-likeness (QED) is 0.0148. The van der Waals surface area contributed by atoms with E-state index in [4.69, 9.17) is 18.5 Å². The van der Waals surface area contributed by atoms with E-state index in [0.717, 1.165) is 44.9 Å². The van der Waals surface area contributed by atoms with Crippen LogP contribution < -0.4 is 0 Å². The maximum atomic E-state index is 12.8. The first-order valence-electron chi connectivity index (χ1n) is 24.2. The maximum Gasteiger partial charge on any atom is 0.472 e. The van der Waals surface area contributed by atoms with Crippen LogP contribution in [0.2, 0.25) is 0 Å². The lowest BCUT2D eigenvalue weighted by Crippen LogP contribution is -2.64. The number of unbranched alkanes of at least 4 members (excludes halogenated alkanes) is 25. The SMILES string of the molecule is CCCCCCC/C=C\C/C=C\CCCCCCCCCCCCCC(=O)OC(COCCCCCCCCCCCC)COP(=O)(O)OC1C(O)C(O)C(O)C(O)C1O. The number of phosphoric ester groups is 1. The number of aliphatic hydroxyl groups excluding tert-OH is 5. The van der Waals surface area contributed by atoms with Crippen molar-refractivity contribution in [3.05, 3.63) is 24.3 Å². The third kappa shape index (κ3) is 30.0. The second-order valence-corrected chi connectivity index (χ2v) is 18.4. The molecule has 354 valence electrons. The number of hydrogen-bond donors (Lipinski definition) is 6. The summed E-state index contributed by atoms with van der Waals surface area (Å²) in [5, 5.41) is 50.1. The molecule has 0 spiro atoms. The van der Waals surface area contributed by atoms with Crippen LogP contribution in [0.15, 0.2) is 24.3 Å². The van der Waals surface area contributed by atoms with E-state index in [1.807, 2.05) is 0 Å². The van der Waals surface area contributed by atoms with Crippen molar-refractivity contribution in [3.8, 4) is 0 Å². The van der Waals surface area contributed by atoms with Gasteiger partial charge in [-0.3, -0.25) is 13.8 Å². The highest BCUT2D eigenvalue weighted by Gasteiger charge is 2.51. The predicted molar refractivity (Wildman–Crippen MR) is 240 cm³/mol. The monoisotopic (exact) mass is 877 g/mol. The van der Waals surface area contributed by atoms with Crippen molar-refractivity contribution in [3.63, 3.8) is 0 Å². The highest BCUT2D eigenvalue weighted by atomic mass is 31.2. The predicted octanol–water partition coefficient (Wildman–Crippen LogP) is 10.1. The lowest BCUT2D eigenvalue weighted by Gasteiger charge is -2.41. The van der Waals surface area contributed by atoms with E-state index in [2.05, 4.69) is 38.2 Å². The van der Waals surface area contributed by atoms with Crippen LogP contribution in [0.1, 0.15) is 206 Å². The minimum absolute atomic E-state index is 0.0737. The van der Waals surface area contributed by atoms with E-state index >= 15 is 0 Å². The van der Waals surface area contributed by atoms with Crippen molar-refractivity contribution >= 4 is 13.8 Å². The van der Waals surface area contributed by atoms with E-state index < -0.39 is 63.1 Å². The summed E-state index contributed by atoms with van der Waals surface area (Å²) in [7, 11) is -5.01. The summed E-state index contributed by atoms with van der Waals surface area (Å²) in [6.45, 7) is 4.25. The summed E-state index contributed by atoms with van der Waals surface area (Å²) in [4.78, 5) is 23.1. The number of esters is 1. The van der Waals surface area contributed by atoms with Gasteiger partial charge < -0.3 is 39.9 Å². The van der Waals surface area contributed by atoms with Gasteiger partial charge in [0.25, 0.3) is 0 Å². The number of hydrogen-bond acceptors (Lipinski definition) is 11. The Morgan fingerprint density at radius 2 is 0.933 bits per heavy atom. The summed E-state index contributed by atoms with van der Waals surface area (Å²) < 4.78 is 34.1. The van der Waals surface area contributed by atoms with Crippen LogP contribution in [0.25, 0.3) is 0 Å². The molecule has 1 rings (SSSR count). The van der Waals surface area contributed by atoms with Crippen molar-refractivity contribution < 1.29 is 58.3 Å². The number of carbonyl (C=O) groups is 1. The Morgan fingerprint density at radius 1 is 0.533 bits per heavy atom. The molecule has 60 heavy (non-hydrogen) atoms. The molecule has 13 heteroatoms. The first-order valence-corrected chi connectivity index (χ1v) is 25.7. The topological polar surface area (TPSA) is 192 Å². The van der Waals surface area contributed by atoms with Crippen LogP contribution in [0.3, 0.4) is 0 Å². The van der Waals surface area contributed by atoms with Crippen molar-refractivity contribution in [2.24, 2.45) is 0 Å². The molecule has 0 bridgehead atoms. The van der Waals surface area contributed by atoms with E-state index in [9.17, 15) is 39.8 Å². The molecule has 0 aromatic carbocycles. The van der Waals surface area contributed by atoms with Gasteiger partial charge in [-0.15, -0.1) is 0 Å². The molecular weight excluding hydrogens is 787 g/mol. The first kappa shape index (κ1) is 56.8. The van der Waals surface area contributed by atoms with E-state index in [0.29, 0.717) is 13.0 Å². The Bertz CT molecular complexity index is 1090. The van der Waals surface area contributed by atoms with Crippen LogP contribution in [-0.2, 0) is 27.9 Å². The zero-order valence-corrected chi connectivity index (χ0v) is 38.7. The van der Waals surface area contributed by atoms with Crippen LogP contribution in [-0.4, -0.2) is 98.9 Å². The van der Waals surface area contributed by atoms with Gasteiger partial charge in [-0.2, -0.15) is 0 Å². The Labute approximate surface area is 364 Å². The molecule has 0 aromatic heterocycles. The van der Waals surface area contributed by atoms with Gasteiger partial charge in [-0.05, 0) is 44.9 Å². The first-order chi connectivity index (χ1) is 29.0. The van der Waals surface area contributed by atoms with Gasteiger partial charge in [0.15, 0.2) is 0 Å². The molecule has 1 aliphatic rings. The van der Waals surface area contributed by atoms with Crippen molar-refractivity contribution in [2.45, 2.75) is 249 Å². The van der Waals surface area contributed by atoms with E-state index in [1.165, 1.54) is 135 Å². The zero-order valence-electron chi connectivity index (χ0n) is 37.8. The Hall–Kier alpha value is -1.18. The number of carbonyl (C=O) groups excluding carboxylic acids is 1. The van der Waals surface area contributed by atoms with Gasteiger partial charge in [0.05, 0.1) is 13.2 Å². The Balaban J connectivity index is 2.30. The number of ether oxygens (including phenoxy) is 2. The molecule has 0 radical (unpaired) electrons. The molecule has 0 saturated heterocycles. The average Bonchev–Trinajstić information content (AvgIpc) is 3.23. The van der Waals surface area contributed by atoms with Gasteiger partial charge in [0.2, 0.25) is 0 Å². The number of aliphatic hydroxyl groups is 5. The molecule has 1 fully saturated rings. The molecule has 6 atom stereocenters. The molecule has 0 heterocycles. The molecule has 0 aromatic rings. The lowest BCUT2D eigenvalue weighted by molar-refractivity contribution is -0.220. The fraction of sp³-hybridized carbons (Fsp3) is 0.894. The summed E-state index contributed by atoms with van der Waals surface area (Å²) in [6.07, 6.45) is 31.1. The summed E-state index contributed by atoms with van der Waals surface area (Å²) in [6, 6.07) is 0. The molecule has 6 unspecified atom stereocenters. The van der Waals surface area contributed by atoms with Crippen LogP contribution in [0.5, 0.6) is 0 Å². The summed E-state index contributed by atoms with van der Waals surface area (Å²) in [5.41, 5.74) is 0. The molecule has 0 amide bonds. The number of allylic oxidation sites excluding steroid dienone is 4. The molecule has 0 aliphatic heterocycles. The Morgan fingerprint density at radius 3 is 1.40 bits per heavy atom. The molecule has 1 saturated carbocycles. The molecular formula is C47H89O12P. The third-order valence-electron chi connectivity index (χ3n) is 11.3. The maximum absolute atomic E-state index is 12.8. The number of rotatable bonds is 41. The van der Waals surface area contributed by atoms with Crippen molar-refractivity contribution in [1.29, 1.82) is 0 Å². The average molecular weight is 877 g/mol. The minimum atomic E-state index is -5.01. The highest BCUT2D eigenvalue weighted by molar-refractivity contribution is 7.47. The standard InChI is InChI=1S/C47H89O12P/c1-3-5-7-9-11-13-15-16-17-18-19-20-21-22-23-24-25-26-27-28-30-32-34-36-41(48)58-40(38-56-37-35-33-31-29-14-12-10-8-6-4-2)39-57-60(54,55)59-47-45(52)43(50)42(49)44(51)46(47)53/h15-16,18-19,40,42-47,49-53H,3-14,17,20-39H2,1-2H3,(H,54,55)/b16-15-,19-18-. The number of phosphoric acid groups is 1. The van der Waals surface area contributed by atoms with Crippen LogP contribution in [0, 0.1) is 0 Å². The second kappa shape index (κ2) is 38.3. The lowest BCUT2D eigenvalue weighted by atomic mass is 9.85. The Kier molecular flexibility index (Phi) is 36.3. The summed E-state index contributed by atoms with van der Waals surface area (Å²) in [5.74, 6) is -0.478. The normalized spacial score (nSPS) is 22.5. The van der Waals surface area contributed by atoms with E-state index in [-0.39, 0.29) is 13.0 Å². The minimum Gasteiger partial charge on any atom is -0.457 e. The van der Waals surface area contributed by atoms with E-state index in [1.54, 1.807) is 0 Å². The summed E-state index contributed by atoms with van der Waals surface area (Å²) >= 11 is 0. The molecule has 6 N–H and O–H groups in total. The van der Waals surface area contributed by atoms with Crippen LogP contribution in [0.4, 0.5) is 0 Å². The zero-order chi connectivity index (χ0) is 44.1. The largest absolute Gasteiger partial charge is 0.472 e. The van der Waals surface area contributed by atoms with Crippen molar-refractivity contribution in [1.82, 2.24) is 0 Å². The van der Waals surface area contributed by atoms with Crippen LogP contribution >= 0.6 is 7.82 Å².